The molecule has 0 radical (unpaired) electrons. The van der Waals surface area contributed by atoms with Crippen molar-refractivity contribution < 1.29 is 14.7 Å². The van der Waals surface area contributed by atoms with E-state index in [1.807, 2.05) is 48.2 Å². The smallest absolute Gasteiger partial charge is 0.198 e. The molecule has 0 aromatic heterocycles. The van der Waals surface area contributed by atoms with Crippen LogP contribution in [0.15, 0.2) is 84.9 Å². The van der Waals surface area contributed by atoms with Gasteiger partial charge < -0.3 is 10.0 Å². The number of carbonyl (C=O) groups is 2. The summed E-state index contributed by atoms with van der Waals surface area (Å²) in [5.74, 6) is -0.800. The third-order valence-electron chi connectivity index (χ3n) is 6.57. The number of aryl methyl sites for hydroxylation is 1. The molecule has 4 aromatic carbocycles. The molecule has 0 spiro atoms. The lowest BCUT2D eigenvalue weighted by Crippen LogP contribution is -2.22. The molecule has 0 bridgehead atoms. The van der Waals surface area contributed by atoms with E-state index in [4.69, 9.17) is 0 Å². The number of carbonyl (C=O) groups excluding carboxylic acids is 2. The molecule has 0 saturated heterocycles. The Bertz CT molecular complexity index is 1460. The molecule has 4 aromatic rings. The number of nitrogens with zero attached hydrogens (tertiary/aromatic N) is 1. The van der Waals surface area contributed by atoms with Gasteiger partial charge in [0.05, 0.1) is 11.3 Å². The molecule has 1 N–H and O–H groups in total. The van der Waals surface area contributed by atoms with Crippen LogP contribution in [0.25, 0.3) is 0 Å². The van der Waals surface area contributed by atoms with Crippen LogP contribution in [-0.2, 0) is 5.41 Å². The number of hydrogen-bond acceptors (Lipinski definition) is 4. The molecule has 4 heteroatoms. The van der Waals surface area contributed by atoms with Gasteiger partial charge >= 0.3 is 0 Å². The molecule has 5 rings (SSSR count). The second-order valence-corrected chi connectivity index (χ2v) is 10.0. The van der Waals surface area contributed by atoms with Crippen LogP contribution in [0.4, 0.5) is 17.1 Å². The summed E-state index contributed by atoms with van der Waals surface area (Å²) >= 11 is 0. The van der Waals surface area contributed by atoms with Gasteiger partial charge in [0.15, 0.2) is 17.3 Å². The molecule has 35 heavy (non-hydrogen) atoms. The predicted octanol–water partition coefficient (Wildman–Crippen LogP) is 7.24. The van der Waals surface area contributed by atoms with Gasteiger partial charge in [0.1, 0.15) is 0 Å². The van der Waals surface area contributed by atoms with Crippen LogP contribution >= 0.6 is 0 Å². The van der Waals surface area contributed by atoms with Crippen LogP contribution in [-0.4, -0.2) is 16.7 Å². The SMILES string of the molecule is Cc1ccc(N(c2ccc(C(C)(C)C)cc2)c2ccc3c(c2O)C(=O)c2ccccc2C3=O)cc1. The molecule has 1 aliphatic rings. The Morgan fingerprint density at radius 1 is 0.657 bits per heavy atom. The lowest BCUT2D eigenvalue weighted by atomic mass is 9.83. The molecule has 0 saturated carbocycles. The molecule has 1 aliphatic carbocycles. The van der Waals surface area contributed by atoms with E-state index in [2.05, 4.69) is 32.9 Å². The highest BCUT2D eigenvalue weighted by atomic mass is 16.3. The highest BCUT2D eigenvalue weighted by Crippen LogP contribution is 2.45. The van der Waals surface area contributed by atoms with E-state index in [1.165, 1.54) is 5.56 Å². The number of aromatic hydroxyl groups is 1. The normalized spacial score (nSPS) is 12.8. The zero-order chi connectivity index (χ0) is 24.9. The van der Waals surface area contributed by atoms with Crippen molar-refractivity contribution in [3.05, 3.63) is 118 Å². The number of phenols is 1. The number of fused-ring (bicyclic) bond motifs is 2. The van der Waals surface area contributed by atoms with Crippen LogP contribution in [0.5, 0.6) is 5.75 Å². The minimum absolute atomic E-state index is 0.00134. The second kappa shape index (κ2) is 8.24. The Labute approximate surface area is 205 Å². The number of rotatable bonds is 3. The molecule has 4 nitrogen and oxygen atoms in total. The lowest BCUT2D eigenvalue weighted by Gasteiger charge is -2.29. The molecular weight excluding hydrogens is 434 g/mol. The third kappa shape index (κ3) is 3.81. The first-order chi connectivity index (χ1) is 16.7. The first-order valence-electron chi connectivity index (χ1n) is 11.7. The summed E-state index contributed by atoms with van der Waals surface area (Å²) in [6.07, 6.45) is 0. The van der Waals surface area contributed by atoms with E-state index in [1.54, 1.807) is 36.4 Å². The zero-order valence-electron chi connectivity index (χ0n) is 20.3. The van der Waals surface area contributed by atoms with Gasteiger partial charge in [-0.3, -0.25) is 9.59 Å². The van der Waals surface area contributed by atoms with Crippen molar-refractivity contribution in [1.82, 2.24) is 0 Å². The molecule has 174 valence electrons. The summed E-state index contributed by atoms with van der Waals surface area (Å²) < 4.78 is 0. The van der Waals surface area contributed by atoms with Crippen molar-refractivity contribution in [2.45, 2.75) is 33.1 Å². The first kappa shape index (κ1) is 22.6. The van der Waals surface area contributed by atoms with Gasteiger partial charge in [-0.1, -0.05) is 74.9 Å². The summed E-state index contributed by atoms with van der Waals surface area (Å²) in [5.41, 5.74) is 5.38. The van der Waals surface area contributed by atoms with E-state index in [0.29, 0.717) is 16.8 Å². The van der Waals surface area contributed by atoms with Crippen molar-refractivity contribution in [3.63, 3.8) is 0 Å². The van der Waals surface area contributed by atoms with Gasteiger partial charge in [-0.2, -0.15) is 0 Å². The van der Waals surface area contributed by atoms with E-state index in [9.17, 15) is 14.7 Å². The monoisotopic (exact) mass is 461 g/mol. The molecule has 0 amide bonds. The van der Waals surface area contributed by atoms with Crippen LogP contribution < -0.4 is 4.90 Å². The van der Waals surface area contributed by atoms with E-state index >= 15 is 0 Å². The van der Waals surface area contributed by atoms with Gasteiger partial charge in [0.2, 0.25) is 0 Å². The van der Waals surface area contributed by atoms with Crippen molar-refractivity contribution in [2.24, 2.45) is 0 Å². The Balaban J connectivity index is 1.70. The standard InChI is InChI=1S/C31H27NO3/c1-19-9-13-21(14-10-19)32(22-15-11-20(12-16-22)31(2,3)4)26-18-17-25-27(30(26)35)29(34)24-8-6-5-7-23(24)28(25)33/h5-18,35H,1-4H3. The Morgan fingerprint density at radius 3 is 1.77 bits per heavy atom. The number of anilines is 3. The van der Waals surface area contributed by atoms with Crippen LogP contribution in [0.3, 0.4) is 0 Å². The number of hydrogen-bond donors (Lipinski definition) is 1. The van der Waals surface area contributed by atoms with Gasteiger partial charge in [0.25, 0.3) is 0 Å². The molecule has 0 aliphatic heterocycles. The number of ketones is 2. The average molecular weight is 462 g/mol. The molecule has 0 unspecified atom stereocenters. The van der Waals surface area contributed by atoms with Crippen molar-refractivity contribution in [2.75, 3.05) is 4.90 Å². The largest absolute Gasteiger partial charge is 0.505 e. The van der Waals surface area contributed by atoms with E-state index in [0.717, 1.165) is 16.9 Å². The minimum Gasteiger partial charge on any atom is -0.505 e. The predicted molar refractivity (Wildman–Crippen MR) is 140 cm³/mol. The highest BCUT2D eigenvalue weighted by molar-refractivity contribution is 6.29. The summed E-state index contributed by atoms with van der Waals surface area (Å²) in [4.78, 5) is 28.4. The quantitative estimate of drug-likeness (QED) is 0.308. The average Bonchev–Trinajstić information content (AvgIpc) is 2.84. The number of benzene rings is 4. The Hall–Kier alpha value is -4.18. The molecule has 0 fully saturated rings. The van der Waals surface area contributed by atoms with Gasteiger partial charge in [0, 0.05) is 28.1 Å². The first-order valence-corrected chi connectivity index (χ1v) is 11.7. The summed E-state index contributed by atoms with van der Waals surface area (Å²) in [6, 6.07) is 26.3. The minimum atomic E-state index is -0.346. The summed E-state index contributed by atoms with van der Waals surface area (Å²) in [7, 11) is 0. The molecule has 0 heterocycles. The third-order valence-corrected chi connectivity index (χ3v) is 6.57. The molecule has 0 atom stereocenters. The van der Waals surface area contributed by atoms with Crippen molar-refractivity contribution in [1.29, 1.82) is 0 Å². The topological polar surface area (TPSA) is 57.6 Å². The summed E-state index contributed by atoms with van der Waals surface area (Å²) in [5, 5.41) is 11.5. The Kier molecular flexibility index (Phi) is 5.32. The van der Waals surface area contributed by atoms with Crippen molar-refractivity contribution >= 4 is 28.6 Å². The van der Waals surface area contributed by atoms with Crippen LogP contribution in [0, 0.1) is 6.92 Å². The highest BCUT2D eigenvalue weighted by Gasteiger charge is 2.34. The summed E-state index contributed by atoms with van der Waals surface area (Å²) in [6.45, 7) is 8.50. The fourth-order valence-corrected chi connectivity index (χ4v) is 4.57. The maximum atomic E-state index is 13.4. The second-order valence-electron chi connectivity index (χ2n) is 10.0. The lowest BCUT2D eigenvalue weighted by molar-refractivity contribution is 0.0977. The zero-order valence-corrected chi connectivity index (χ0v) is 20.3. The van der Waals surface area contributed by atoms with Gasteiger partial charge in [-0.05, 0) is 54.3 Å². The number of phenolic OH excluding ortho intramolecular Hbond substituents is 1. The van der Waals surface area contributed by atoms with Crippen LogP contribution in [0.1, 0.15) is 63.7 Å². The van der Waals surface area contributed by atoms with E-state index < -0.39 is 0 Å². The fraction of sp³-hybridized carbons (Fsp3) is 0.161. The van der Waals surface area contributed by atoms with Crippen LogP contribution in [0.2, 0.25) is 0 Å². The van der Waals surface area contributed by atoms with Crippen molar-refractivity contribution in [3.8, 4) is 5.75 Å². The van der Waals surface area contributed by atoms with Gasteiger partial charge in [-0.15, -0.1) is 0 Å². The maximum Gasteiger partial charge on any atom is 0.198 e. The fourth-order valence-electron chi connectivity index (χ4n) is 4.57. The van der Waals surface area contributed by atoms with Gasteiger partial charge in [-0.25, -0.2) is 0 Å². The maximum absolute atomic E-state index is 13.4. The van der Waals surface area contributed by atoms with E-state index in [-0.39, 0.29) is 33.9 Å². The molecular formula is C31H27NO3. The Morgan fingerprint density at radius 2 is 1.20 bits per heavy atom.